The van der Waals surface area contributed by atoms with Crippen LogP contribution in [0.2, 0.25) is 0 Å². The molecule has 1 unspecified atom stereocenters. The number of alkyl halides is 3. The van der Waals surface area contributed by atoms with Crippen LogP contribution in [0.15, 0.2) is 48.5 Å². The van der Waals surface area contributed by atoms with Crippen LogP contribution in [0.3, 0.4) is 0 Å². The van der Waals surface area contributed by atoms with Crippen molar-refractivity contribution < 1.29 is 27.2 Å². The van der Waals surface area contributed by atoms with Gasteiger partial charge in [-0.2, -0.15) is 18.4 Å². The number of nitrogens with zero attached hydrogens (tertiary/aromatic N) is 3. The van der Waals surface area contributed by atoms with E-state index in [9.17, 15) is 27.2 Å². The lowest BCUT2D eigenvalue weighted by molar-refractivity contribution is -0.165. The lowest BCUT2D eigenvalue weighted by Gasteiger charge is -2.35. The van der Waals surface area contributed by atoms with Crippen LogP contribution in [0, 0.1) is 23.1 Å². The highest BCUT2D eigenvalue weighted by molar-refractivity contribution is 5.94. The normalized spacial score (nSPS) is 16.3. The van der Waals surface area contributed by atoms with Gasteiger partial charge in [0.2, 0.25) is 5.91 Å². The number of halogens is 4. The van der Waals surface area contributed by atoms with E-state index in [-0.39, 0.29) is 18.7 Å². The van der Waals surface area contributed by atoms with Crippen LogP contribution < -0.4 is 0 Å². The number of hydrogen-bond donors (Lipinski definition) is 0. The van der Waals surface area contributed by atoms with E-state index in [0.29, 0.717) is 30.5 Å². The van der Waals surface area contributed by atoms with Crippen molar-refractivity contribution in [3.8, 4) is 6.07 Å². The quantitative estimate of drug-likeness (QED) is 0.648. The molecule has 1 heterocycles. The second-order valence-corrected chi connectivity index (χ2v) is 7.72. The highest BCUT2D eigenvalue weighted by Crippen LogP contribution is 2.25. The molecule has 168 valence electrons. The number of nitriles is 1. The van der Waals surface area contributed by atoms with Crippen LogP contribution in [0.5, 0.6) is 0 Å². The van der Waals surface area contributed by atoms with E-state index >= 15 is 0 Å². The van der Waals surface area contributed by atoms with Gasteiger partial charge in [0.05, 0.1) is 17.6 Å². The first-order valence-corrected chi connectivity index (χ1v) is 10.1. The molecule has 0 spiro atoms. The molecule has 32 heavy (non-hydrogen) atoms. The third kappa shape index (κ3) is 6.06. The van der Waals surface area contributed by atoms with E-state index in [4.69, 9.17) is 5.26 Å². The zero-order valence-electron chi connectivity index (χ0n) is 17.1. The Hall–Kier alpha value is -3.41. The van der Waals surface area contributed by atoms with Gasteiger partial charge in [0.25, 0.3) is 5.91 Å². The monoisotopic (exact) mass is 447 g/mol. The lowest BCUT2D eigenvalue weighted by Crippen LogP contribution is -2.48. The van der Waals surface area contributed by atoms with Gasteiger partial charge in [-0.25, -0.2) is 4.39 Å². The van der Waals surface area contributed by atoms with E-state index in [1.165, 1.54) is 41.3 Å². The fraction of sp³-hybridized carbons (Fsp3) is 0.348. The molecule has 2 amide bonds. The van der Waals surface area contributed by atoms with Crippen molar-refractivity contribution in [3.05, 3.63) is 71.0 Å². The summed E-state index contributed by atoms with van der Waals surface area (Å²) in [6, 6.07) is 12.9. The number of carbonyl (C=O) groups excluding carboxylic acids is 2. The number of carbonyl (C=O) groups is 2. The molecule has 1 saturated heterocycles. The molecular formula is C23H21F4N3O2. The molecule has 1 aliphatic heterocycles. The van der Waals surface area contributed by atoms with Crippen molar-refractivity contribution in [1.29, 1.82) is 5.26 Å². The molecule has 5 nitrogen and oxygen atoms in total. The largest absolute Gasteiger partial charge is 0.406 e. The summed E-state index contributed by atoms with van der Waals surface area (Å²) in [6.07, 6.45) is -3.74. The predicted molar refractivity (Wildman–Crippen MR) is 108 cm³/mol. The Balaban J connectivity index is 1.74. The summed E-state index contributed by atoms with van der Waals surface area (Å²) in [6.45, 7) is -1.30. The van der Waals surface area contributed by atoms with Crippen LogP contribution in [0.4, 0.5) is 17.6 Å². The average Bonchev–Trinajstić information content (AvgIpc) is 2.78. The molecule has 1 fully saturated rings. The molecule has 2 aromatic carbocycles. The van der Waals surface area contributed by atoms with Gasteiger partial charge >= 0.3 is 6.18 Å². The maximum absolute atomic E-state index is 13.2. The first kappa shape index (κ1) is 23.3. The SMILES string of the molecule is N#Cc1ccc(CN(CC(F)(F)F)C(=O)C2CCCN(C(=O)c3ccc(F)cc3)C2)cc1. The fourth-order valence-electron chi connectivity index (χ4n) is 3.73. The van der Waals surface area contributed by atoms with Crippen LogP contribution in [-0.4, -0.2) is 47.4 Å². The van der Waals surface area contributed by atoms with Crippen LogP contribution in [0.1, 0.15) is 34.3 Å². The maximum atomic E-state index is 13.2. The van der Waals surface area contributed by atoms with Crippen molar-refractivity contribution in [2.75, 3.05) is 19.6 Å². The minimum Gasteiger partial charge on any atom is -0.338 e. The summed E-state index contributed by atoms with van der Waals surface area (Å²) in [7, 11) is 0. The molecule has 0 aromatic heterocycles. The third-order valence-electron chi connectivity index (χ3n) is 5.29. The molecule has 1 atom stereocenters. The Morgan fingerprint density at radius 3 is 2.34 bits per heavy atom. The summed E-state index contributed by atoms with van der Waals surface area (Å²) in [5.41, 5.74) is 1.09. The van der Waals surface area contributed by atoms with E-state index in [1.54, 1.807) is 0 Å². The van der Waals surface area contributed by atoms with E-state index < -0.39 is 36.3 Å². The zero-order valence-corrected chi connectivity index (χ0v) is 17.1. The molecule has 3 rings (SSSR count). The number of likely N-dealkylation sites (tertiary alicyclic amines) is 1. The average molecular weight is 447 g/mol. The number of hydrogen-bond acceptors (Lipinski definition) is 3. The van der Waals surface area contributed by atoms with Gasteiger partial charge in [-0.05, 0) is 54.8 Å². The minimum atomic E-state index is -4.58. The van der Waals surface area contributed by atoms with Crippen molar-refractivity contribution >= 4 is 11.8 Å². The summed E-state index contributed by atoms with van der Waals surface area (Å²) in [5, 5.41) is 8.87. The Bertz CT molecular complexity index is 998. The van der Waals surface area contributed by atoms with Gasteiger partial charge in [0, 0.05) is 25.2 Å². The van der Waals surface area contributed by atoms with Gasteiger partial charge in [0.15, 0.2) is 0 Å². The second kappa shape index (κ2) is 9.81. The standard InChI is InChI=1S/C23H21F4N3O2/c24-20-9-7-18(8-10-20)21(31)29-11-1-2-19(14-29)22(32)30(15-23(25,26)27)13-17-5-3-16(12-28)4-6-17/h3-10,19H,1-2,11,13-15H2. The summed E-state index contributed by atoms with van der Waals surface area (Å²) in [4.78, 5) is 27.9. The summed E-state index contributed by atoms with van der Waals surface area (Å²) >= 11 is 0. The molecule has 0 N–H and O–H groups in total. The van der Waals surface area contributed by atoms with Crippen molar-refractivity contribution in [2.24, 2.45) is 5.92 Å². The van der Waals surface area contributed by atoms with Gasteiger partial charge in [-0.15, -0.1) is 0 Å². The first-order chi connectivity index (χ1) is 15.2. The van der Waals surface area contributed by atoms with Crippen molar-refractivity contribution in [3.63, 3.8) is 0 Å². The Morgan fingerprint density at radius 2 is 1.75 bits per heavy atom. The van der Waals surface area contributed by atoms with E-state index in [1.807, 2.05) is 6.07 Å². The number of amides is 2. The molecule has 0 aliphatic carbocycles. The van der Waals surface area contributed by atoms with Gasteiger partial charge in [0.1, 0.15) is 12.4 Å². The Morgan fingerprint density at radius 1 is 1.09 bits per heavy atom. The van der Waals surface area contributed by atoms with Gasteiger partial charge in [-0.3, -0.25) is 9.59 Å². The van der Waals surface area contributed by atoms with Crippen molar-refractivity contribution in [1.82, 2.24) is 9.80 Å². The maximum Gasteiger partial charge on any atom is 0.406 e. The fourth-order valence-corrected chi connectivity index (χ4v) is 3.73. The molecule has 0 radical (unpaired) electrons. The second-order valence-electron chi connectivity index (χ2n) is 7.72. The van der Waals surface area contributed by atoms with Crippen LogP contribution in [0.25, 0.3) is 0 Å². The molecular weight excluding hydrogens is 426 g/mol. The van der Waals surface area contributed by atoms with Crippen LogP contribution >= 0.6 is 0 Å². The van der Waals surface area contributed by atoms with Gasteiger partial charge in [-0.1, -0.05) is 12.1 Å². The Labute approximate surface area is 182 Å². The topological polar surface area (TPSA) is 64.4 Å². The molecule has 1 aliphatic rings. The van der Waals surface area contributed by atoms with E-state index in [0.717, 1.165) is 17.0 Å². The number of piperidine rings is 1. The van der Waals surface area contributed by atoms with Crippen molar-refractivity contribution in [2.45, 2.75) is 25.6 Å². The smallest absolute Gasteiger partial charge is 0.338 e. The molecule has 9 heteroatoms. The van der Waals surface area contributed by atoms with Gasteiger partial charge < -0.3 is 9.80 Å². The number of rotatable bonds is 5. The lowest BCUT2D eigenvalue weighted by atomic mass is 9.95. The minimum absolute atomic E-state index is 0.00320. The predicted octanol–water partition coefficient (Wildman–Crippen LogP) is 4.14. The first-order valence-electron chi connectivity index (χ1n) is 10.1. The third-order valence-corrected chi connectivity index (χ3v) is 5.29. The summed E-state index contributed by atoms with van der Waals surface area (Å²) < 4.78 is 52.7. The Kier molecular flexibility index (Phi) is 7.13. The van der Waals surface area contributed by atoms with E-state index in [2.05, 4.69) is 0 Å². The highest BCUT2D eigenvalue weighted by atomic mass is 19.4. The number of benzene rings is 2. The molecule has 0 saturated carbocycles. The highest BCUT2D eigenvalue weighted by Gasteiger charge is 2.37. The molecule has 2 aromatic rings. The molecule has 0 bridgehead atoms. The van der Waals surface area contributed by atoms with Crippen LogP contribution in [-0.2, 0) is 11.3 Å². The summed E-state index contributed by atoms with van der Waals surface area (Å²) in [5.74, 6) is -2.33. The zero-order chi connectivity index (χ0) is 23.3.